The van der Waals surface area contributed by atoms with Crippen LogP contribution in [0, 0.1) is 0 Å². The number of rotatable bonds is 2. The van der Waals surface area contributed by atoms with Gasteiger partial charge in [0.05, 0.1) is 13.2 Å². The lowest BCUT2D eigenvalue weighted by atomic mass is 10.2. The Balaban J connectivity index is 2.49. The van der Waals surface area contributed by atoms with E-state index in [9.17, 15) is 4.79 Å². The van der Waals surface area contributed by atoms with Gasteiger partial charge in [-0.15, -0.1) is 0 Å². The summed E-state index contributed by atoms with van der Waals surface area (Å²) in [6.45, 7) is 6.40. The average Bonchev–Trinajstić information content (AvgIpc) is 2.50. The molecule has 1 aliphatic heterocycles. The van der Waals surface area contributed by atoms with Crippen LogP contribution in [-0.2, 0) is 14.2 Å². The molecule has 0 aromatic rings. The maximum Gasteiger partial charge on any atom is 0.409 e. The standard InChI is InChI=1S/C10H19NO4/c1-9(2,3)15-8(12)11-10(13-4)5-6-14-7-10/h5-7H2,1-4H3,(H,11,12). The van der Waals surface area contributed by atoms with Gasteiger partial charge in [-0.3, -0.25) is 5.32 Å². The number of amides is 1. The molecular formula is C10H19NO4. The van der Waals surface area contributed by atoms with E-state index in [1.54, 1.807) is 7.11 Å². The molecule has 5 heteroatoms. The molecule has 5 nitrogen and oxygen atoms in total. The molecule has 1 aliphatic rings. The number of hydrogen-bond donors (Lipinski definition) is 1. The van der Waals surface area contributed by atoms with Crippen LogP contribution >= 0.6 is 0 Å². The number of methoxy groups -OCH3 is 1. The zero-order chi connectivity index (χ0) is 11.5. The Morgan fingerprint density at radius 3 is 2.53 bits per heavy atom. The Morgan fingerprint density at radius 2 is 2.13 bits per heavy atom. The molecule has 88 valence electrons. The van der Waals surface area contributed by atoms with Crippen LogP contribution in [-0.4, -0.2) is 37.7 Å². The van der Waals surface area contributed by atoms with Crippen LogP contribution < -0.4 is 5.32 Å². The van der Waals surface area contributed by atoms with Crippen LogP contribution in [0.2, 0.25) is 0 Å². The van der Waals surface area contributed by atoms with Gasteiger partial charge in [0.15, 0.2) is 5.72 Å². The van der Waals surface area contributed by atoms with Crippen LogP contribution in [0.15, 0.2) is 0 Å². The summed E-state index contributed by atoms with van der Waals surface area (Å²) in [5.74, 6) is 0. The SMILES string of the molecule is COC1(NC(=O)OC(C)(C)C)CCOC1. The van der Waals surface area contributed by atoms with Crippen molar-refractivity contribution in [1.82, 2.24) is 5.32 Å². The Hall–Kier alpha value is -0.810. The van der Waals surface area contributed by atoms with Crippen molar-refractivity contribution in [2.75, 3.05) is 20.3 Å². The Bertz CT molecular complexity index is 228. The molecule has 1 fully saturated rings. The van der Waals surface area contributed by atoms with Gasteiger partial charge < -0.3 is 14.2 Å². The van der Waals surface area contributed by atoms with E-state index in [0.717, 1.165) is 0 Å². The van der Waals surface area contributed by atoms with E-state index in [-0.39, 0.29) is 0 Å². The predicted molar refractivity (Wildman–Crippen MR) is 54.5 cm³/mol. The molecule has 0 radical (unpaired) electrons. The predicted octanol–water partition coefficient (Wildman–Crippen LogP) is 1.27. The zero-order valence-corrected chi connectivity index (χ0v) is 9.75. The molecule has 15 heavy (non-hydrogen) atoms. The van der Waals surface area contributed by atoms with Crippen LogP contribution in [0.4, 0.5) is 4.79 Å². The highest BCUT2D eigenvalue weighted by Gasteiger charge is 2.37. The quantitative estimate of drug-likeness (QED) is 0.708. The molecule has 0 aromatic carbocycles. The molecular weight excluding hydrogens is 198 g/mol. The maximum atomic E-state index is 11.5. The number of alkyl carbamates (subject to hydrolysis) is 1. The molecule has 0 bridgehead atoms. The van der Waals surface area contributed by atoms with Gasteiger partial charge in [-0.2, -0.15) is 0 Å². The first-order valence-electron chi connectivity index (χ1n) is 5.01. The first kappa shape index (κ1) is 12.3. The fourth-order valence-corrected chi connectivity index (χ4v) is 1.35. The summed E-state index contributed by atoms with van der Waals surface area (Å²) >= 11 is 0. The highest BCUT2D eigenvalue weighted by molar-refractivity contribution is 5.68. The summed E-state index contributed by atoms with van der Waals surface area (Å²) in [6.07, 6.45) is 0.165. The van der Waals surface area contributed by atoms with Gasteiger partial charge >= 0.3 is 6.09 Å². The summed E-state index contributed by atoms with van der Waals surface area (Å²) in [4.78, 5) is 11.5. The summed E-state index contributed by atoms with van der Waals surface area (Å²) in [5.41, 5.74) is -1.22. The molecule has 0 aromatic heterocycles. The lowest BCUT2D eigenvalue weighted by Gasteiger charge is -2.28. The van der Waals surface area contributed by atoms with Crippen molar-refractivity contribution in [3.8, 4) is 0 Å². The summed E-state index contributed by atoms with van der Waals surface area (Å²) in [7, 11) is 1.55. The van der Waals surface area contributed by atoms with Gasteiger partial charge in [0.2, 0.25) is 0 Å². The maximum absolute atomic E-state index is 11.5. The van der Waals surface area contributed by atoms with E-state index < -0.39 is 17.4 Å². The van der Waals surface area contributed by atoms with Gasteiger partial charge in [0.25, 0.3) is 0 Å². The van der Waals surface area contributed by atoms with E-state index >= 15 is 0 Å². The third-order valence-corrected chi connectivity index (χ3v) is 2.10. The minimum Gasteiger partial charge on any atom is -0.444 e. The third kappa shape index (κ3) is 3.68. The second-order valence-corrected chi connectivity index (χ2v) is 4.63. The Labute approximate surface area is 90.1 Å². The smallest absolute Gasteiger partial charge is 0.409 e. The zero-order valence-electron chi connectivity index (χ0n) is 9.75. The number of carbonyl (C=O) groups excluding carboxylic acids is 1. The minimum absolute atomic E-state index is 0.364. The van der Waals surface area contributed by atoms with Gasteiger partial charge in [0.1, 0.15) is 5.60 Å². The van der Waals surface area contributed by atoms with Crippen LogP contribution in [0.1, 0.15) is 27.2 Å². The van der Waals surface area contributed by atoms with Crippen molar-refractivity contribution >= 4 is 6.09 Å². The number of nitrogens with one attached hydrogen (secondary N) is 1. The molecule has 1 saturated heterocycles. The molecule has 1 N–H and O–H groups in total. The van der Waals surface area contributed by atoms with Crippen molar-refractivity contribution in [2.45, 2.75) is 38.5 Å². The van der Waals surface area contributed by atoms with Crippen molar-refractivity contribution in [1.29, 1.82) is 0 Å². The van der Waals surface area contributed by atoms with E-state index in [2.05, 4.69) is 5.32 Å². The molecule has 1 amide bonds. The lowest BCUT2D eigenvalue weighted by molar-refractivity contribution is -0.0492. The van der Waals surface area contributed by atoms with Crippen LogP contribution in [0.25, 0.3) is 0 Å². The fraction of sp³-hybridized carbons (Fsp3) is 0.900. The monoisotopic (exact) mass is 217 g/mol. The van der Waals surface area contributed by atoms with Gasteiger partial charge in [0, 0.05) is 13.5 Å². The second kappa shape index (κ2) is 4.37. The number of carbonyl (C=O) groups is 1. The minimum atomic E-state index is -0.720. The highest BCUT2D eigenvalue weighted by Crippen LogP contribution is 2.20. The highest BCUT2D eigenvalue weighted by atomic mass is 16.6. The van der Waals surface area contributed by atoms with Crippen LogP contribution in [0.3, 0.4) is 0 Å². The van der Waals surface area contributed by atoms with Gasteiger partial charge in [-0.1, -0.05) is 0 Å². The largest absolute Gasteiger partial charge is 0.444 e. The van der Waals surface area contributed by atoms with Crippen molar-refractivity contribution in [3.05, 3.63) is 0 Å². The molecule has 0 spiro atoms. The van der Waals surface area contributed by atoms with Crippen molar-refractivity contribution < 1.29 is 19.0 Å². The first-order chi connectivity index (χ1) is 6.87. The summed E-state index contributed by atoms with van der Waals surface area (Å²) < 4.78 is 15.6. The van der Waals surface area contributed by atoms with Gasteiger partial charge in [-0.25, -0.2) is 4.79 Å². The average molecular weight is 217 g/mol. The Morgan fingerprint density at radius 1 is 1.47 bits per heavy atom. The fourth-order valence-electron chi connectivity index (χ4n) is 1.35. The van der Waals surface area contributed by atoms with Crippen molar-refractivity contribution in [2.24, 2.45) is 0 Å². The van der Waals surface area contributed by atoms with E-state index in [4.69, 9.17) is 14.2 Å². The first-order valence-corrected chi connectivity index (χ1v) is 5.01. The molecule has 1 unspecified atom stereocenters. The number of hydrogen-bond acceptors (Lipinski definition) is 4. The molecule has 1 heterocycles. The summed E-state index contributed by atoms with van der Waals surface area (Å²) in [5, 5.41) is 2.69. The summed E-state index contributed by atoms with van der Waals surface area (Å²) in [6, 6.07) is 0. The molecule has 1 atom stereocenters. The third-order valence-electron chi connectivity index (χ3n) is 2.10. The van der Waals surface area contributed by atoms with E-state index in [1.165, 1.54) is 0 Å². The molecule has 0 saturated carbocycles. The Kier molecular flexibility index (Phi) is 3.57. The van der Waals surface area contributed by atoms with E-state index in [1.807, 2.05) is 20.8 Å². The molecule has 1 rings (SSSR count). The normalized spacial score (nSPS) is 26.4. The van der Waals surface area contributed by atoms with Crippen molar-refractivity contribution in [3.63, 3.8) is 0 Å². The van der Waals surface area contributed by atoms with Crippen LogP contribution in [0.5, 0.6) is 0 Å². The lowest BCUT2D eigenvalue weighted by Crippen LogP contribution is -2.51. The van der Waals surface area contributed by atoms with Gasteiger partial charge in [-0.05, 0) is 20.8 Å². The van der Waals surface area contributed by atoms with E-state index in [0.29, 0.717) is 19.6 Å². The number of ether oxygens (including phenoxy) is 3. The molecule has 0 aliphatic carbocycles. The topological polar surface area (TPSA) is 56.8 Å². The second-order valence-electron chi connectivity index (χ2n) is 4.63.